The zero-order chi connectivity index (χ0) is 48.0. The lowest BCUT2D eigenvalue weighted by molar-refractivity contribution is -0.332. The molecule has 2 heterocycles. The number of ether oxygens (including phenoxy) is 6. The number of hydrogen-bond donors (Lipinski definition) is 7. The Morgan fingerprint density at radius 3 is 1.52 bits per heavy atom. The van der Waals surface area contributed by atoms with Gasteiger partial charge in [-0.25, -0.2) is 0 Å². The minimum absolute atomic E-state index is 0.0507. The Morgan fingerprint density at radius 1 is 0.500 bits per heavy atom. The number of aliphatic hydroxyl groups excluding tert-OH is 7. The Hall–Kier alpha value is -2.05. The standard InChI is InChI=1S/C52H92O14/c1-3-5-7-9-11-13-15-17-18-19-20-21-22-24-26-28-30-32-34-36-61-38-41(64-44(54)35-33-31-29-27-25-23-16-14-12-10-8-6-4-2)39-62-51-50(60)48(58)46(56)43(66-51)40-63-52-49(59)47(57)45(55)42(37-53)65-52/h8,10,13-16,18-19,41-43,45-53,55-60H,3-7,9,11-12,17,20-40H2,1-2H3/b10-8-,15-13-,16-14-,19-18-. The summed E-state index contributed by atoms with van der Waals surface area (Å²) in [5, 5.41) is 72.1. The fourth-order valence-electron chi connectivity index (χ4n) is 7.82. The summed E-state index contributed by atoms with van der Waals surface area (Å²) in [6, 6.07) is 0. The van der Waals surface area contributed by atoms with Crippen molar-refractivity contribution < 1.29 is 69.0 Å². The molecule has 2 fully saturated rings. The van der Waals surface area contributed by atoms with E-state index in [0.717, 1.165) is 77.0 Å². The van der Waals surface area contributed by atoms with Crippen molar-refractivity contribution in [3.05, 3.63) is 48.6 Å². The van der Waals surface area contributed by atoms with Gasteiger partial charge in [0.05, 0.1) is 26.4 Å². The molecule has 0 aliphatic carbocycles. The highest BCUT2D eigenvalue weighted by atomic mass is 16.7. The molecule has 0 aromatic rings. The van der Waals surface area contributed by atoms with E-state index >= 15 is 0 Å². The van der Waals surface area contributed by atoms with Crippen LogP contribution in [0, 0.1) is 0 Å². The summed E-state index contributed by atoms with van der Waals surface area (Å²) in [6.07, 6.45) is 28.9. The second kappa shape index (κ2) is 39.8. The van der Waals surface area contributed by atoms with Crippen LogP contribution < -0.4 is 0 Å². The first kappa shape index (κ1) is 60.1. The van der Waals surface area contributed by atoms with Crippen LogP contribution in [0.5, 0.6) is 0 Å². The van der Waals surface area contributed by atoms with Crippen molar-refractivity contribution in [3.63, 3.8) is 0 Å². The van der Waals surface area contributed by atoms with Crippen LogP contribution in [0.15, 0.2) is 48.6 Å². The molecule has 2 aliphatic heterocycles. The summed E-state index contributed by atoms with van der Waals surface area (Å²) in [5.41, 5.74) is 0. The second-order valence-electron chi connectivity index (χ2n) is 18.0. The fraction of sp³-hybridized carbons (Fsp3) is 0.827. The maximum Gasteiger partial charge on any atom is 0.306 e. The molecule has 2 aliphatic rings. The van der Waals surface area contributed by atoms with Crippen LogP contribution in [0.1, 0.15) is 174 Å². The molecule has 2 saturated heterocycles. The van der Waals surface area contributed by atoms with E-state index in [0.29, 0.717) is 13.0 Å². The Morgan fingerprint density at radius 2 is 0.970 bits per heavy atom. The SMILES string of the molecule is CCC/C=C\C/C=C\CCCCCCCC(=O)OC(COCCCCCCCCCC/C=C\C/C=C\CCCCCC)COC1OC(COC2OC(CO)C(O)C(O)C2O)C(O)C(O)C1O. The van der Waals surface area contributed by atoms with Crippen LogP contribution >= 0.6 is 0 Å². The van der Waals surface area contributed by atoms with E-state index in [-0.39, 0.29) is 19.6 Å². The summed E-state index contributed by atoms with van der Waals surface area (Å²) in [6.45, 7) is 3.57. The number of rotatable bonds is 40. The van der Waals surface area contributed by atoms with Crippen molar-refractivity contribution >= 4 is 5.97 Å². The third kappa shape index (κ3) is 27.2. The van der Waals surface area contributed by atoms with Crippen LogP contribution in [0.25, 0.3) is 0 Å². The molecule has 14 heteroatoms. The molecular formula is C52H92O14. The van der Waals surface area contributed by atoms with Crippen molar-refractivity contribution in [3.8, 4) is 0 Å². The minimum Gasteiger partial charge on any atom is -0.457 e. The molecule has 2 rings (SSSR count). The normalized spacial score (nSPS) is 26.7. The van der Waals surface area contributed by atoms with Gasteiger partial charge < -0.3 is 64.2 Å². The number of unbranched alkanes of at least 4 members (excludes halogenated alkanes) is 18. The van der Waals surface area contributed by atoms with Gasteiger partial charge in [-0.3, -0.25) is 4.79 Å². The first-order valence-electron chi connectivity index (χ1n) is 25.7. The lowest BCUT2D eigenvalue weighted by Crippen LogP contribution is -2.61. The van der Waals surface area contributed by atoms with E-state index in [9.17, 15) is 40.5 Å². The highest BCUT2D eigenvalue weighted by molar-refractivity contribution is 5.69. The van der Waals surface area contributed by atoms with Crippen molar-refractivity contribution in [2.45, 2.75) is 242 Å². The maximum absolute atomic E-state index is 13.0. The summed E-state index contributed by atoms with van der Waals surface area (Å²) in [7, 11) is 0. The summed E-state index contributed by atoms with van der Waals surface area (Å²) < 4.78 is 34.2. The summed E-state index contributed by atoms with van der Waals surface area (Å²) in [5.74, 6) is -0.394. The lowest BCUT2D eigenvalue weighted by atomic mass is 9.98. The first-order chi connectivity index (χ1) is 32.1. The van der Waals surface area contributed by atoms with Gasteiger partial charge >= 0.3 is 5.97 Å². The van der Waals surface area contributed by atoms with Gasteiger partial charge in [-0.1, -0.05) is 146 Å². The first-order valence-corrected chi connectivity index (χ1v) is 25.7. The average molecular weight is 941 g/mol. The Balaban J connectivity index is 1.77. The van der Waals surface area contributed by atoms with Gasteiger partial charge in [0.2, 0.25) is 0 Å². The number of aliphatic hydroxyl groups is 7. The van der Waals surface area contributed by atoms with E-state index in [2.05, 4.69) is 62.5 Å². The van der Waals surface area contributed by atoms with Gasteiger partial charge in [0.1, 0.15) is 54.9 Å². The van der Waals surface area contributed by atoms with Gasteiger partial charge in [0.15, 0.2) is 12.6 Å². The Kier molecular flexibility index (Phi) is 36.2. The summed E-state index contributed by atoms with van der Waals surface area (Å²) in [4.78, 5) is 13.0. The third-order valence-electron chi connectivity index (χ3n) is 12.0. The van der Waals surface area contributed by atoms with E-state index in [4.69, 9.17) is 28.4 Å². The van der Waals surface area contributed by atoms with Crippen molar-refractivity contribution in [2.24, 2.45) is 0 Å². The van der Waals surface area contributed by atoms with E-state index in [1.54, 1.807) is 0 Å². The van der Waals surface area contributed by atoms with Crippen molar-refractivity contribution in [1.82, 2.24) is 0 Å². The molecule has 7 N–H and O–H groups in total. The van der Waals surface area contributed by atoms with Crippen LogP contribution in [0.3, 0.4) is 0 Å². The highest BCUT2D eigenvalue weighted by Crippen LogP contribution is 2.26. The molecule has 0 bridgehead atoms. The second-order valence-corrected chi connectivity index (χ2v) is 18.0. The zero-order valence-electron chi connectivity index (χ0n) is 40.7. The topological polar surface area (TPSA) is 214 Å². The largest absolute Gasteiger partial charge is 0.457 e. The highest BCUT2D eigenvalue weighted by Gasteiger charge is 2.47. The molecular weight excluding hydrogens is 849 g/mol. The lowest BCUT2D eigenvalue weighted by Gasteiger charge is -2.42. The van der Waals surface area contributed by atoms with Gasteiger partial charge in [0, 0.05) is 13.0 Å². The average Bonchev–Trinajstić information content (AvgIpc) is 3.31. The fourth-order valence-corrected chi connectivity index (χ4v) is 7.82. The molecule has 384 valence electrons. The predicted molar refractivity (Wildman–Crippen MR) is 256 cm³/mol. The number of hydrogen-bond acceptors (Lipinski definition) is 14. The molecule has 0 aromatic heterocycles. The number of carbonyl (C=O) groups excluding carboxylic acids is 1. The zero-order valence-corrected chi connectivity index (χ0v) is 40.7. The molecule has 11 atom stereocenters. The van der Waals surface area contributed by atoms with Gasteiger partial charge in [-0.15, -0.1) is 0 Å². The molecule has 0 aromatic carbocycles. The smallest absolute Gasteiger partial charge is 0.306 e. The van der Waals surface area contributed by atoms with Crippen LogP contribution in [-0.2, 0) is 33.2 Å². The van der Waals surface area contributed by atoms with Crippen molar-refractivity contribution in [1.29, 1.82) is 0 Å². The summed E-state index contributed by atoms with van der Waals surface area (Å²) >= 11 is 0. The monoisotopic (exact) mass is 941 g/mol. The minimum atomic E-state index is -1.71. The quantitative estimate of drug-likeness (QED) is 0.0179. The van der Waals surface area contributed by atoms with E-state index < -0.39 is 86.7 Å². The number of esters is 1. The van der Waals surface area contributed by atoms with Crippen LogP contribution in [0.2, 0.25) is 0 Å². The maximum atomic E-state index is 13.0. The molecule has 11 unspecified atom stereocenters. The molecule has 0 radical (unpaired) electrons. The van der Waals surface area contributed by atoms with Crippen molar-refractivity contribution in [2.75, 3.05) is 33.0 Å². The third-order valence-corrected chi connectivity index (χ3v) is 12.0. The molecule has 14 nitrogen and oxygen atoms in total. The number of allylic oxidation sites excluding steroid dienone is 8. The van der Waals surface area contributed by atoms with Gasteiger partial charge in [0.25, 0.3) is 0 Å². The van der Waals surface area contributed by atoms with Crippen LogP contribution in [0.4, 0.5) is 0 Å². The molecule has 66 heavy (non-hydrogen) atoms. The van der Waals surface area contributed by atoms with E-state index in [1.165, 1.54) is 70.6 Å². The van der Waals surface area contributed by atoms with E-state index in [1.807, 2.05) is 0 Å². The molecule has 0 spiro atoms. The number of carbonyl (C=O) groups is 1. The predicted octanol–water partition coefficient (Wildman–Crippen LogP) is 7.57. The Labute approximate surface area is 397 Å². The van der Waals surface area contributed by atoms with Crippen LogP contribution in [-0.4, -0.2) is 142 Å². The van der Waals surface area contributed by atoms with Gasteiger partial charge in [-0.05, 0) is 70.6 Å². The molecule has 0 amide bonds. The molecule has 0 saturated carbocycles. The Bertz CT molecular complexity index is 1280. The van der Waals surface area contributed by atoms with Gasteiger partial charge in [-0.2, -0.15) is 0 Å².